The third-order valence-corrected chi connectivity index (χ3v) is 4.26. The van der Waals surface area contributed by atoms with Crippen LogP contribution in [0.5, 0.6) is 0 Å². The van der Waals surface area contributed by atoms with Crippen molar-refractivity contribution in [3.63, 3.8) is 0 Å². The average Bonchev–Trinajstić information content (AvgIpc) is 3.34. The number of rotatable bonds is 5. The van der Waals surface area contributed by atoms with E-state index in [0.717, 1.165) is 35.5 Å². The molecule has 3 aromatic rings. The predicted octanol–water partition coefficient (Wildman–Crippen LogP) is 3.11. The molecule has 0 bridgehead atoms. The van der Waals surface area contributed by atoms with Gasteiger partial charge in [0.2, 0.25) is 0 Å². The van der Waals surface area contributed by atoms with Gasteiger partial charge in [0.25, 0.3) is 0 Å². The van der Waals surface area contributed by atoms with Crippen molar-refractivity contribution >= 4 is 5.69 Å². The molecule has 1 aliphatic carbocycles. The van der Waals surface area contributed by atoms with Crippen molar-refractivity contribution in [2.75, 3.05) is 5.73 Å². The number of nitrogen functional groups attached to an aromatic ring is 1. The molecule has 116 valence electrons. The summed E-state index contributed by atoms with van der Waals surface area (Å²) in [6, 6.07) is 10.0. The van der Waals surface area contributed by atoms with E-state index in [2.05, 4.69) is 26.2 Å². The van der Waals surface area contributed by atoms with E-state index in [0.29, 0.717) is 5.92 Å². The average molecular weight is 305 g/mol. The molecular weight excluding hydrogens is 286 g/mol. The van der Waals surface area contributed by atoms with Crippen LogP contribution >= 0.6 is 0 Å². The SMILES string of the molecule is Nc1cnc(-c2ccccn2)cc1CCc1cc(C2CC2)n[nH]1. The van der Waals surface area contributed by atoms with E-state index in [1.165, 1.54) is 24.2 Å². The Hall–Kier alpha value is -2.69. The number of hydrogen-bond acceptors (Lipinski definition) is 4. The van der Waals surface area contributed by atoms with Crippen LogP contribution in [-0.2, 0) is 12.8 Å². The van der Waals surface area contributed by atoms with Crippen LogP contribution in [0.3, 0.4) is 0 Å². The van der Waals surface area contributed by atoms with E-state index in [9.17, 15) is 0 Å². The maximum atomic E-state index is 6.09. The van der Waals surface area contributed by atoms with E-state index in [4.69, 9.17) is 5.73 Å². The molecule has 3 heterocycles. The molecule has 4 rings (SSSR count). The van der Waals surface area contributed by atoms with E-state index in [-0.39, 0.29) is 0 Å². The molecule has 1 fully saturated rings. The minimum atomic E-state index is 0.682. The van der Waals surface area contributed by atoms with Crippen molar-refractivity contribution in [1.29, 1.82) is 0 Å². The minimum Gasteiger partial charge on any atom is -0.397 e. The van der Waals surface area contributed by atoms with Gasteiger partial charge in [-0.25, -0.2) is 0 Å². The number of aryl methyl sites for hydroxylation is 2. The van der Waals surface area contributed by atoms with Crippen molar-refractivity contribution in [3.8, 4) is 11.4 Å². The van der Waals surface area contributed by atoms with Crippen LogP contribution in [0.15, 0.2) is 42.7 Å². The van der Waals surface area contributed by atoms with Crippen LogP contribution < -0.4 is 5.73 Å². The first kappa shape index (κ1) is 13.9. The van der Waals surface area contributed by atoms with Crippen LogP contribution in [0.2, 0.25) is 0 Å². The first-order valence-electron chi connectivity index (χ1n) is 7.99. The van der Waals surface area contributed by atoms with Gasteiger partial charge in [0.15, 0.2) is 0 Å². The smallest absolute Gasteiger partial charge is 0.0890 e. The molecule has 0 unspecified atom stereocenters. The molecule has 23 heavy (non-hydrogen) atoms. The van der Waals surface area contributed by atoms with Gasteiger partial charge in [-0.2, -0.15) is 5.10 Å². The zero-order valence-corrected chi connectivity index (χ0v) is 12.9. The van der Waals surface area contributed by atoms with Crippen LogP contribution in [0, 0.1) is 0 Å². The summed E-state index contributed by atoms with van der Waals surface area (Å²) in [5.74, 6) is 0.682. The Bertz CT molecular complexity index is 805. The lowest BCUT2D eigenvalue weighted by atomic mass is 10.1. The summed E-state index contributed by atoms with van der Waals surface area (Å²) in [6.45, 7) is 0. The fourth-order valence-electron chi connectivity index (χ4n) is 2.74. The van der Waals surface area contributed by atoms with Crippen molar-refractivity contribution in [1.82, 2.24) is 20.2 Å². The highest BCUT2D eigenvalue weighted by Gasteiger charge is 2.25. The fourth-order valence-corrected chi connectivity index (χ4v) is 2.74. The fraction of sp³-hybridized carbons (Fsp3) is 0.278. The zero-order valence-electron chi connectivity index (χ0n) is 12.9. The van der Waals surface area contributed by atoms with E-state index >= 15 is 0 Å². The monoisotopic (exact) mass is 305 g/mol. The maximum Gasteiger partial charge on any atom is 0.0890 e. The van der Waals surface area contributed by atoms with Crippen LogP contribution in [0.25, 0.3) is 11.4 Å². The summed E-state index contributed by atoms with van der Waals surface area (Å²) < 4.78 is 0. The predicted molar refractivity (Wildman–Crippen MR) is 89.9 cm³/mol. The molecule has 3 N–H and O–H groups in total. The summed E-state index contributed by atoms with van der Waals surface area (Å²) in [5, 5.41) is 7.54. The summed E-state index contributed by atoms with van der Waals surface area (Å²) in [7, 11) is 0. The zero-order chi connectivity index (χ0) is 15.6. The lowest BCUT2D eigenvalue weighted by Gasteiger charge is -2.07. The number of anilines is 1. The molecule has 0 saturated heterocycles. The first-order valence-corrected chi connectivity index (χ1v) is 7.99. The molecule has 0 spiro atoms. The maximum absolute atomic E-state index is 6.09. The Balaban J connectivity index is 1.51. The van der Waals surface area contributed by atoms with Crippen LogP contribution in [-0.4, -0.2) is 20.2 Å². The van der Waals surface area contributed by atoms with Crippen LogP contribution in [0.4, 0.5) is 5.69 Å². The first-order chi connectivity index (χ1) is 11.3. The van der Waals surface area contributed by atoms with Crippen molar-refractivity contribution in [3.05, 3.63) is 59.7 Å². The van der Waals surface area contributed by atoms with Crippen molar-refractivity contribution < 1.29 is 0 Å². The summed E-state index contributed by atoms with van der Waals surface area (Å²) in [5.41, 5.74) is 12.0. The lowest BCUT2D eigenvalue weighted by molar-refractivity contribution is 0.882. The topological polar surface area (TPSA) is 80.5 Å². The molecule has 1 saturated carbocycles. The molecule has 5 nitrogen and oxygen atoms in total. The summed E-state index contributed by atoms with van der Waals surface area (Å²) >= 11 is 0. The number of nitrogens with zero attached hydrogens (tertiary/aromatic N) is 3. The Morgan fingerprint density at radius 1 is 1.09 bits per heavy atom. The number of aromatic amines is 1. The van der Waals surface area contributed by atoms with Gasteiger partial charge in [-0.1, -0.05) is 6.07 Å². The molecule has 0 atom stereocenters. The molecular formula is C18H19N5. The Morgan fingerprint density at radius 3 is 2.78 bits per heavy atom. The molecule has 3 aromatic heterocycles. The van der Waals surface area contributed by atoms with Crippen LogP contribution in [0.1, 0.15) is 35.7 Å². The second kappa shape index (κ2) is 5.83. The quantitative estimate of drug-likeness (QED) is 0.759. The van der Waals surface area contributed by atoms with Gasteiger partial charge in [-0.3, -0.25) is 15.1 Å². The molecule has 0 aliphatic heterocycles. The Labute approximate surface area is 135 Å². The van der Waals surface area contributed by atoms with Gasteiger partial charge < -0.3 is 5.73 Å². The second-order valence-corrected chi connectivity index (χ2v) is 6.08. The van der Waals surface area contributed by atoms with Crippen molar-refractivity contribution in [2.45, 2.75) is 31.6 Å². The molecule has 5 heteroatoms. The van der Waals surface area contributed by atoms with E-state index < -0.39 is 0 Å². The summed E-state index contributed by atoms with van der Waals surface area (Å²) in [4.78, 5) is 8.74. The number of H-pyrrole nitrogens is 1. The minimum absolute atomic E-state index is 0.682. The molecule has 1 aliphatic rings. The molecule has 0 radical (unpaired) electrons. The van der Waals surface area contributed by atoms with Gasteiger partial charge in [-0.05, 0) is 55.5 Å². The van der Waals surface area contributed by atoms with E-state index in [1.807, 2.05) is 24.3 Å². The largest absolute Gasteiger partial charge is 0.397 e. The number of aromatic nitrogens is 4. The highest BCUT2D eigenvalue weighted by molar-refractivity contribution is 5.59. The van der Waals surface area contributed by atoms with E-state index in [1.54, 1.807) is 12.4 Å². The number of hydrogen-bond donors (Lipinski definition) is 2. The van der Waals surface area contributed by atoms with Gasteiger partial charge in [0, 0.05) is 17.8 Å². The molecule has 0 aromatic carbocycles. The third kappa shape index (κ3) is 3.08. The third-order valence-electron chi connectivity index (χ3n) is 4.26. The number of nitrogens with two attached hydrogens (primary N) is 1. The second-order valence-electron chi connectivity index (χ2n) is 6.08. The highest BCUT2D eigenvalue weighted by Crippen LogP contribution is 2.39. The van der Waals surface area contributed by atoms with Gasteiger partial charge in [0.1, 0.15) is 0 Å². The number of nitrogens with one attached hydrogen (secondary N) is 1. The Morgan fingerprint density at radius 2 is 2.00 bits per heavy atom. The van der Waals surface area contributed by atoms with Gasteiger partial charge in [-0.15, -0.1) is 0 Å². The lowest BCUT2D eigenvalue weighted by Crippen LogP contribution is -2.00. The summed E-state index contributed by atoms with van der Waals surface area (Å²) in [6.07, 6.45) is 7.80. The normalized spacial score (nSPS) is 14.1. The Kier molecular flexibility index (Phi) is 3.54. The van der Waals surface area contributed by atoms with Crippen molar-refractivity contribution in [2.24, 2.45) is 0 Å². The van der Waals surface area contributed by atoms with Gasteiger partial charge >= 0.3 is 0 Å². The highest BCUT2D eigenvalue weighted by atomic mass is 15.1. The standard InChI is InChI=1S/C18H19N5/c19-15-11-21-18(16-3-1-2-8-20-16)9-13(15)6-7-14-10-17(23-22-14)12-4-5-12/h1-3,8-12H,4-7,19H2,(H,22,23). The van der Waals surface area contributed by atoms with Gasteiger partial charge in [0.05, 0.1) is 29.0 Å². The molecule has 0 amide bonds. The number of pyridine rings is 2.